The highest BCUT2D eigenvalue weighted by Crippen LogP contribution is 2.29. The Bertz CT molecular complexity index is 4790. The molecule has 6 aliphatic heterocycles. The Balaban J connectivity index is 0.000000244. The third-order valence-electron chi connectivity index (χ3n) is 21.0. The number of imide groups is 3. The molecule has 628 valence electrons. The first-order chi connectivity index (χ1) is 53.7. The number of hydrogen-bond donors (Lipinski definition) is 6. The van der Waals surface area contributed by atoms with E-state index in [1.54, 1.807) is 48.6 Å². The van der Waals surface area contributed by atoms with Gasteiger partial charge in [-0.2, -0.15) is 13.5 Å². The van der Waals surface area contributed by atoms with Gasteiger partial charge in [-0.25, -0.2) is 24.0 Å². The fourth-order valence-corrected chi connectivity index (χ4v) is 15.3. The van der Waals surface area contributed by atoms with Gasteiger partial charge in [-0.1, -0.05) is 39.6 Å². The molecule has 0 spiro atoms. The average Bonchev–Trinajstić information content (AvgIpc) is 1.62. The van der Waals surface area contributed by atoms with Crippen molar-refractivity contribution >= 4 is 141 Å². The summed E-state index contributed by atoms with van der Waals surface area (Å²) in [6.07, 6.45) is 15.6. The summed E-state index contributed by atoms with van der Waals surface area (Å²) in [5, 5.41) is 10.2. The number of likely N-dealkylation sites (tertiary alicyclic amines) is 3. The molecule has 0 aliphatic carbocycles. The Labute approximate surface area is 706 Å². The summed E-state index contributed by atoms with van der Waals surface area (Å²) in [5.41, 5.74) is 4.15. The number of ether oxygens (including phenoxy) is 2. The van der Waals surface area contributed by atoms with Crippen LogP contribution in [0.2, 0.25) is 0 Å². The number of terminal acetylenes is 1. The van der Waals surface area contributed by atoms with Gasteiger partial charge in [0, 0.05) is 122 Å². The lowest BCUT2D eigenvalue weighted by Crippen LogP contribution is -2.44. The lowest BCUT2D eigenvalue weighted by atomic mass is 9.96. The van der Waals surface area contributed by atoms with Crippen LogP contribution in [0.25, 0.3) is 33.1 Å². The molecule has 6 aliphatic rings. The summed E-state index contributed by atoms with van der Waals surface area (Å²) in [6, 6.07) is 14.6. The van der Waals surface area contributed by atoms with Crippen LogP contribution < -0.4 is 44.5 Å². The van der Waals surface area contributed by atoms with Gasteiger partial charge in [-0.05, 0) is 246 Å². The van der Waals surface area contributed by atoms with Crippen LogP contribution in [0.15, 0.2) is 73.5 Å². The van der Waals surface area contributed by atoms with Crippen LogP contribution in [0.4, 0.5) is 9.59 Å². The van der Waals surface area contributed by atoms with E-state index < -0.39 is 47.0 Å². The molecule has 0 radical (unpaired) electrons. The number of piperidine rings is 6. The van der Waals surface area contributed by atoms with Crippen LogP contribution in [0, 0.1) is 53.8 Å². The summed E-state index contributed by atoms with van der Waals surface area (Å²) in [5.74, 6) is 15.3. The summed E-state index contributed by atoms with van der Waals surface area (Å²) < 4.78 is 20.7. The normalized spacial score (nSPS) is 18.5. The summed E-state index contributed by atoms with van der Waals surface area (Å²) in [6.45, 7) is 23.1. The van der Waals surface area contributed by atoms with Gasteiger partial charge in [0.05, 0.1) is 33.1 Å². The van der Waals surface area contributed by atoms with Gasteiger partial charge in [0.2, 0.25) is 35.4 Å². The third kappa shape index (κ3) is 26.7. The number of thiol groups is 1. The highest BCUT2D eigenvalue weighted by molar-refractivity contribution is 14.2. The molecule has 3 aromatic heterocycles. The molecule has 0 saturated carbocycles. The number of aryl methyl sites for hydroxylation is 3. The van der Waals surface area contributed by atoms with Gasteiger partial charge in [0.15, 0.2) is 0 Å². The van der Waals surface area contributed by atoms with Crippen LogP contribution in [-0.4, -0.2) is 210 Å². The van der Waals surface area contributed by atoms with Crippen LogP contribution in [0.3, 0.4) is 0 Å². The van der Waals surface area contributed by atoms with Crippen molar-refractivity contribution in [1.82, 2.24) is 79.3 Å². The lowest BCUT2D eigenvalue weighted by molar-refractivity contribution is -0.137. The molecule has 3 aromatic carbocycles. The standard InChI is InChI=1S/C29H39N5O5.C24H31N5O3.C16H28N2O2.C13H12BrN3O3.HIS.H3N.H2S/c1-29(2,3)39-28(38)31(4)19-21-13-16-33(17-14-21)15-7-6-8-20-9-10-22-24(18-20)32(5)27(37)34(22)23-11-12-25(35)30-26(23)36;1-25-16-18-10-13-28(14-11-18)12-4-3-5-17-6-7-19-21(15-17)27(2)24(32)29(19)20-8-9-22(30)26-23(20)31;1-6-7-10-18-11-8-14(9-12-18)13-17(5)15(19)20-16(2,3)4;1-16-10-6-7(14)2-3-8(10)17(13(16)20)9-4-5-11(18)15-12(9)19;1-2;;/h9-10,18,21,23H,7,11-17,19H2,1-5H3,(H,30,35,36);6-7,15,18,20,25H,4,8-14,16H2,1-2H3,(H,26,30,31);1,14H,7-13H2,2-5H3;2-3,6,9H,4-5H2,1H3,(H,15,18,19);2H;1H3;1H2. The predicted molar refractivity (Wildman–Crippen MR) is 467 cm³/mol. The lowest BCUT2D eigenvalue weighted by Gasteiger charge is -2.34. The second-order valence-electron chi connectivity index (χ2n) is 31.8. The number of nitrogens with zero attached hydrogens (tertiary/aromatic N) is 11. The van der Waals surface area contributed by atoms with E-state index in [0.717, 1.165) is 149 Å². The summed E-state index contributed by atoms with van der Waals surface area (Å²) in [4.78, 5) is 144. The van der Waals surface area contributed by atoms with Gasteiger partial charge in [0.1, 0.15) is 29.3 Å². The van der Waals surface area contributed by atoms with E-state index in [1.807, 2.05) is 125 Å². The van der Waals surface area contributed by atoms with Gasteiger partial charge in [-0.3, -0.25) is 72.1 Å². The van der Waals surface area contributed by atoms with Crippen LogP contribution >= 0.6 is 60.4 Å². The number of fused-ring (bicyclic) bond motifs is 3. The molecular formula is C82H116BrIN16O13S2. The predicted octanol–water partition coefficient (Wildman–Crippen LogP) is 8.84. The molecule has 3 atom stereocenters. The van der Waals surface area contributed by atoms with Crippen molar-refractivity contribution in [1.29, 1.82) is 0 Å². The zero-order chi connectivity index (χ0) is 82.6. The van der Waals surface area contributed by atoms with Crippen molar-refractivity contribution in [2.24, 2.45) is 38.9 Å². The van der Waals surface area contributed by atoms with Gasteiger partial charge < -0.3 is 45.4 Å². The minimum atomic E-state index is -0.697. The molecule has 0 bridgehead atoms. The Hall–Kier alpha value is -8.18. The monoisotopic (exact) mass is 1800 g/mol. The molecule has 29 nitrogen and oxygen atoms in total. The highest BCUT2D eigenvalue weighted by Gasteiger charge is 2.35. The molecule has 6 fully saturated rings. The van der Waals surface area contributed by atoms with Crippen LogP contribution in [-0.2, 0) is 59.4 Å². The zero-order valence-electron chi connectivity index (χ0n) is 68.5. The molecule has 7 N–H and O–H groups in total. The maximum absolute atomic E-state index is 12.9. The molecule has 33 heteroatoms. The average molecular weight is 1800 g/mol. The summed E-state index contributed by atoms with van der Waals surface area (Å²) >= 11 is 5.21. The van der Waals surface area contributed by atoms with Crippen LogP contribution in [0.1, 0.15) is 167 Å². The molecule has 12 rings (SSSR count). The number of amides is 8. The van der Waals surface area contributed by atoms with Gasteiger partial charge in [0.25, 0.3) is 0 Å². The van der Waals surface area contributed by atoms with E-state index in [2.05, 4.69) is 91.3 Å². The van der Waals surface area contributed by atoms with E-state index >= 15 is 0 Å². The Kier molecular flexibility index (Phi) is 36.9. The van der Waals surface area contributed by atoms with E-state index in [9.17, 15) is 52.7 Å². The molecule has 3 unspecified atom stereocenters. The smallest absolute Gasteiger partial charge is 0.410 e. The Morgan fingerprint density at radius 3 is 1.14 bits per heavy atom. The number of hydrogen-bond acceptors (Lipinski definition) is 19. The first-order valence-corrected chi connectivity index (χ1v) is 42.8. The quantitative estimate of drug-likeness (QED) is 0.0242. The molecule has 6 aromatic rings. The molecule has 9 heterocycles. The molecule has 6 saturated heterocycles. The van der Waals surface area contributed by atoms with E-state index in [4.69, 9.17) is 15.9 Å². The van der Waals surface area contributed by atoms with Gasteiger partial charge >= 0.3 is 29.3 Å². The number of rotatable bonds is 15. The number of carbonyl (C=O) groups is 8. The minimum absolute atomic E-state index is 0. The first-order valence-electron chi connectivity index (χ1n) is 38.8. The van der Waals surface area contributed by atoms with Crippen molar-refractivity contribution in [3.63, 3.8) is 0 Å². The SMILES string of the molecule is C#CCCN1CCC(CN(C)C(=O)OC(C)(C)C)CC1.CN(CC1CCN(CCC#Cc2ccc3c(c2)n(C)c(=O)n3C2CCC(=O)NC2=O)CC1)C(=O)OC(C)(C)C.CNCC1CCN(CCC#Cc2ccc3c(c2)n(C)c(=O)n3C2CCC(=O)NC2=O)CC1.Cn1c(=O)n(C2CCC(=O)NC2=O)c2ccc(Br)cc21.N.S.SI. The highest BCUT2D eigenvalue weighted by atomic mass is 127. The van der Waals surface area contributed by atoms with Crippen molar-refractivity contribution in [2.75, 3.05) is 99.7 Å². The molecular weight excluding hydrogens is 1690 g/mol. The van der Waals surface area contributed by atoms with Crippen molar-refractivity contribution in [2.45, 2.75) is 167 Å². The molecule has 8 amide bonds. The maximum atomic E-state index is 12.9. The minimum Gasteiger partial charge on any atom is -0.444 e. The zero-order valence-corrected chi connectivity index (χ0v) is 74.1. The number of nitrogens with one attached hydrogen (secondary N) is 4. The van der Waals surface area contributed by atoms with Crippen LogP contribution in [0.5, 0.6) is 0 Å². The van der Waals surface area contributed by atoms with Crippen molar-refractivity contribution in [3.8, 4) is 36.0 Å². The maximum Gasteiger partial charge on any atom is 0.410 e. The number of aromatic nitrogens is 6. The second-order valence-corrected chi connectivity index (χ2v) is 32.7. The number of benzene rings is 3. The molecule has 115 heavy (non-hydrogen) atoms. The number of carbonyl (C=O) groups excluding carboxylic acids is 8. The Morgan fingerprint density at radius 1 is 0.513 bits per heavy atom. The largest absolute Gasteiger partial charge is 0.444 e. The second kappa shape index (κ2) is 44.4. The third-order valence-corrected chi connectivity index (χ3v) is 21.5. The summed E-state index contributed by atoms with van der Waals surface area (Å²) in [7, 11) is 14.2. The number of imidazole rings is 3. The van der Waals surface area contributed by atoms with E-state index in [0.29, 0.717) is 59.7 Å². The van der Waals surface area contributed by atoms with E-state index in [-0.39, 0.29) is 85.9 Å². The van der Waals surface area contributed by atoms with Crippen molar-refractivity contribution < 1.29 is 47.8 Å². The first kappa shape index (κ1) is 95.7. The fraction of sp³-hybridized carbons (Fsp3) is 0.573. The fourth-order valence-electron chi connectivity index (χ4n) is 15.0. The number of halogens is 2. The van der Waals surface area contributed by atoms with E-state index in [1.165, 1.54) is 35.7 Å². The topological polar surface area (TPSA) is 335 Å². The Morgan fingerprint density at radius 2 is 0.826 bits per heavy atom. The van der Waals surface area contributed by atoms with Crippen molar-refractivity contribution in [3.05, 3.63) is 102 Å². The van der Waals surface area contributed by atoms with Gasteiger partial charge in [-0.15, -0.1) is 22.1 Å².